The topological polar surface area (TPSA) is 60.8 Å². The maximum Gasteiger partial charge on any atom is 0.173 e. The summed E-state index contributed by atoms with van der Waals surface area (Å²) in [5.41, 5.74) is 2.59. The molecule has 0 aromatic heterocycles. The maximum absolute atomic E-state index is 8.92. The second-order valence-electron chi connectivity index (χ2n) is 6.13. The summed E-state index contributed by atoms with van der Waals surface area (Å²) in [4.78, 5) is 4.45. The van der Waals surface area contributed by atoms with Crippen LogP contribution in [-0.4, -0.2) is 50.4 Å². The van der Waals surface area contributed by atoms with Crippen molar-refractivity contribution in [3.8, 4) is 17.6 Å². The number of nitriles is 1. The van der Waals surface area contributed by atoms with E-state index in [1.807, 2.05) is 42.5 Å². The molecule has 2 aromatic carbocycles. The molecule has 0 spiro atoms. The SMILES string of the molecule is COc1ccc(OC)c(NC(=S)N2CCN(c3ccc(C#N)cc3)CC2)c1. The molecular weight excluding hydrogens is 360 g/mol. The van der Waals surface area contributed by atoms with Crippen LogP contribution in [-0.2, 0) is 0 Å². The summed E-state index contributed by atoms with van der Waals surface area (Å²) in [5, 5.41) is 12.9. The summed E-state index contributed by atoms with van der Waals surface area (Å²) in [6.45, 7) is 3.36. The predicted octanol–water partition coefficient (Wildman–Crippen LogP) is 3.09. The fourth-order valence-corrected chi connectivity index (χ4v) is 3.31. The molecule has 0 amide bonds. The smallest absolute Gasteiger partial charge is 0.173 e. The van der Waals surface area contributed by atoms with Crippen molar-refractivity contribution in [1.82, 2.24) is 4.90 Å². The van der Waals surface area contributed by atoms with E-state index in [-0.39, 0.29) is 0 Å². The lowest BCUT2D eigenvalue weighted by Crippen LogP contribution is -2.50. The normalized spacial score (nSPS) is 13.7. The van der Waals surface area contributed by atoms with Crippen LogP contribution >= 0.6 is 12.2 Å². The molecule has 1 aliphatic heterocycles. The molecule has 7 heteroatoms. The van der Waals surface area contributed by atoms with Gasteiger partial charge >= 0.3 is 0 Å². The third-order valence-corrected chi connectivity index (χ3v) is 4.94. The minimum atomic E-state index is 0.668. The van der Waals surface area contributed by atoms with Gasteiger partial charge in [0.25, 0.3) is 0 Å². The predicted molar refractivity (Wildman–Crippen MR) is 111 cm³/mol. The summed E-state index contributed by atoms with van der Waals surface area (Å²) in [7, 11) is 3.26. The Morgan fingerprint density at radius 1 is 1.04 bits per heavy atom. The Morgan fingerprint density at radius 2 is 1.74 bits per heavy atom. The van der Waals surface area contributed by atoms with Crippen LogP contribution in [0, 0.1) is 11.3 Å². The van der Waals surface area contributed by atoms with Crippen LogP contribution in [0.2, 0.25) is 0 Å². The van der Waals surface area contributed by atoms with Gasteiger partial charge in [-0.05, 0) is 48.6 Å². The van der Waals surface area contributed by atoms with Gasteiger partial charge in [0.05, 0.1) is 31.5 Å². The molecule has 2 aromatic rings. The Labute approximate surface area is 164 Å². The highest BCUT2D eigenvalue weighted by Gasteiger charge is 2.20. The fraction of sp³-hybridized carbons (Fsp3) is 0.300. The molecule has 1 heterocycles. The Morgan fingerprint density at radius 3 is 2.33 bits per heavy atom. The summed E-state index contributed by atoms with van der Waals surface area (Å²) >= 11 is 5.60. The first kappa shape index (κ1) is 18.8. The molecule has 0 bridgehead atoms. The molecule has 0 saturated carbocycles. The van der Waals surface area contributed by atoms with E-state index < -0.39 is 0 Å². The second kappa shape index (κ2) is 8.60. The highest BCUT2D eigenvalue weighted by molar-refractivity contribution is 7.80. The van der Waals surface area contributed by atoms with Crippen molar-refractivity contribution in [2.24, 2.45) is 0 Å². The van der Waals surface area contributed by atoms with Crippen molar-refractivity contribution in [3.63, 3.8) is 0 Å². The van der Waals surface area contributed by atoms with Gasteiger partial charge in [0.15, 0.2) is 5.11 Å². The zero-order chi connectivity index (χ0) is 19.2. The van der Waals surface area contributed by atoms with Crippen LogP contribution in [0.15, 0.2) is 42.5 Å². The summed E-state index contributed by atoms with van der Waals surface area (Å²) < 4.78 is 10.7. The fourth-order valence-electron chi connectivity index (χ4n) is 3.02. The van der Waals surface area contributed by atoms with Gasteiger partial charge < -0.3 is 24.6 Å². The van der Waals surface area contributed by atoms with E-state index in [1.165, 1.54) is 0 Å². The Bertz CT molecular complexity index is 840. The maximum atomic E-state index is 8.92. The summed E-state index contributed by atoms with van der Waals surface area (Å²) in [6, 6.07) is 15.4. The number of thiocarbonyl (C=S) groups is 1. The Balaban J connectivity index is 1.61. The minimum absolute atomic E-state index is 0.668. The molecule has 1 N–H and O–H groups in total. The zero-order valence-corrected chi connectivity index (χ0v) is 16.3. The molecule has 1 fully saturated rings. The Hall–Kier alpha value is -2.98. The van der Waals surface area contributed by atoms with Crippen LogP contribution in [0.3, 0.4) is 0 Å². The van der Waals surface area contributed by atoms with Gasteiger partial charge in [-0.3, -0.25) is 0 Å². The zero-order valence-electron chi connectivity index (χ0n) is 15.4. The van der Waals surface area contributed by atoms with E-state index in [2.05, 4.69) is 21.2 Å². The van der Waals surface area contributed by atoms with E-state index in [4.69, 9.17) is 27.0 Å². The van der Waals surface area contributed by atoms with E-state index in [1.54, 1.807) is 14.2 Å². The number of rotatable bonds is 4. The van der Waals surface area contributed by atoms with E-state index >= 15 is 0 Å². The third-order valence-electron chi connectivity index (χ3n) is 4.58. The number of nitrogens with zero attached hydrogens (tertiary/aromatic N) is 3. The van der Waals surface area contributed by atoms with E-state index in [9.17, 15) is 0 Å². The van der Waals surface area contributed by atoms with Crippen LogP contribution in [0.1, 0.15) is 5.56 Å². The van der Waals surface area contributed by atoms with Gasteiger partial charge in [-0.15, -0.1) is 0 Å². The van der Waals surface area contributed by atoms with Crippen LogP contribution < -0.4 is 19.7 Å². The lowest BCUT2D eigenvalue weighted by Gasteiger charge is -2.37. The first-order valence-electron chi connectivity index (χ1n) is 8.67. The van der Waals surface area contributed by atoms with Gasteiger partial charge in [-0.2, -0.15) is 5.26 Å². The molecule has 3 rings (SSSR count). The van der Waals surface area contributed by atoms with Crippen molar-refractivity contribution in [2.45, 2.75) is 0 Å². The monoisotopic (exact) mass is 382 g/mol. The first-order chi connectivity index (χ1) is 13.1. The minimum Gasteiger partial charge on any atom is -0.497 e. The van der Waals surface area contributed by atoms with Gasteiger partial charge in [0, 0.05) is 37.9 Å². The standard InChI is InChI=1S/C20H22N4O2S/c1-25-17-7-8-19(26-2)18(13-17)22-20(27)24-11-9-23(10-12-24)16-5-3-15(14-21)4-6-16/h3-8,13H,9-12H2,1-2H3,(H,22,27). The molecule has 27 heavy (non-hydrogen) atoms. The Kier molecular flexibility index (Phi) is 5.99. The third kappa shape index (κ3) is 4.41. The van der Waals surface area contributed by atoms with Gasteiger partial charge in [-0.1, -0.05) is 0 Å². The second-order valence-corrected chi connectivity index (χ2v) is 6.52. The van der Waals surface area contributed by atoms with Crippen molar-refractivity contribution in [1.29, 1.82) is 5.26 Å². The van der Waals surface area contributed by atoms with Crippen molar-refractivity contribution < 1.29 is 9.47 Å². The van der Waals surface area contributed by atoms with E-state index in [0.29, 0.717) is 10.7 Å². The van der Waals surface area contributed by atoms with E-state index in [0.717, 1.165) is 49.1 Å². The average Bonchev–Trinajstić information content (AvgIpc) is 2.73. The molecule has 6 nitrogen and oxygen atoms in total. The largest absolute Gasteiger partial charge is 0.497 e. The lowest BCUT2D eigenvalue weighted by atomic mass is 10.2. The highest BCUT2D eigenvalue weighted by Crippen LogP contribution is 2.29. The quantitative estimate of drug-likeness (QED) is 0.816. The van der Waals surface area contributed by atoms with Gasteiger partial charge in [0.2, 0.25) is 0 Å². The number of hydrogen-bond donors (Lipinski definition) is 1. The molecule has 0 unspecified atom stereocenters. The van der Waals surface area contributed by atoms with Crippen LogP contribution in [0.25, 0.3) is 0 Å². The number of methoxy groups -OCH3 is 2. The number of anilines is 2. The number of ether oxygens (including phenoxy) is 2. The van der Waals surface area contributed by atoms with Crippen LogP contribution in [0.4, 0.5) is 11.4 Å². The van der Waals surface area contributed by atoms with Gasteiger partial charge in [0.1, 0.15) is 11.5 Å². The molecule has 0 aliphatic carbocycles. The highest BCUT2D eigenvalue weighted by atomic mass is 32.1. The van der Waals surface area contributed by atoms with Crippen LogP contribution in [0.5, 0.6) is 11.5 Å². The van der Waals surface area contributed by atoms with Gasteiger partial charge in [-0.25, -0.2) is 0 Å². The summed E-state index contributed by atoms with van der Waals surface area (Å²) in [6.07, 6.45) is 0. The number of hydrogen-bond acceptors (Lipinski definition) is 5. The molecular formula is C20H22N4O2S. The lowest BCUT2D eigenvalue weighted by molar-refractivity contribution is 0.389. The molecule has 1 aliphatic rings. The molecule has 1 saturated heterocycles. The average molecular weight is 382 g/mol. The first-order valence-corrected chi connectivity index (χ1v) is 9.08. The van der Waals surface area contributed by atoms with Crippen molar-refractivity contribution >= 4 is 28.7 Å². The number of benzene rings is 2. The molecule has 0 atom stereocenters. The van der Waals surface area contributed by atoms with Crippen molar-refractivity contribution in [3.05, 3.63) is 48.0 Å². The summed E-state index contributed by atoms with van der Waals surface area (Å²) in [5.74, 6) is 1.46. The number of piperazine rings is 1. The molecule has 0 radical (unpaired) electrons. The molecule has 140 valence electrons. The number of nitrogens with one attached hydrogen (secondary N) is 1. The van der Waals surface area contributed by atoms with Crippen molar-refractivity contribution in [2.75, 3.05) is 50.6 Å².